The molecule has 8 heteroatoms. The van der Waals surface area contributed by atoms with Gasteiger partial charge in [-0.15, -0.1) is 0 Å². The highest BCUT2D eigenvalue weighted by Crippen LogP contribution is 2.36. The van der Waals surface area contributed by atoms with Gasteiger partial charge < -0.3 is 4.74 Å². The van der Waals surface area contributed by atoms with E-state index in [9.17, 15) is 13.2 Å². The number of rotatable bonds is 6. The van der Waals surface area contributed by atoms with Crippen LogP contribution in [0.1, 0.15) is 77.5 Å². The van der Waals surface area contributed by atoms with E-state index >= 15 is 0 Å². The molecule has 186 valence electrons. The van der Waals surface area contributed by atoms with Gasteiger partial charge in [-0.25, -0.2) is 18.2 Å². The van der Waals surface area contributed by atoms with Crippen molar-refractivity contribution in [2.24, 2.45) is 0 Å². The van der Waals surface area contributed by atoms with Gasteiger partial charge in [-0.1, -0.05) is 37.1 Å². The SMILES string of the molecule is CC[C@@H](C)N(C(=O)OC(C)(C)C)c1ccc([C@@H]2CCCCN2S(=O)(=O)c2ccc(C)cc2)cn1. The van der Waals surface area contributed by atoms with Crippen molar-refractivity contribution in [3.63, 3.8) is 0 Å². The molecule has 1 aliphatic rings. The molecule has 0 N–H and O–H groups in total. The second-order valence-corrected chi connectivity index (χ2v) is 11.9. The van der Waals surface area contributed by atoms with Crippen LogP contribution in [0.4, 0.5) is 10.6 Å². The number of carbonyl (C=O) groups is 1. The van der Waals surface area contributed by atoms with Crippen LogP contribution in [-0.2, 0) is 14.8 Å². The predicted octanol–water partition coefficient (Wildman–Crippen LogP) is 5.85. The summed E-state index contributed by atoms with van der Waals surface area (Å²) in [6, 6.07) is 10.3. The zero-order valence-electron chi connectivity index (χ0n) is 21.1. The van der Waals surface area contributed by atoms with Gasteiger partial charge in [-0.3, -0.25) is 4.90 Å². The molecular weight excluding hydrogens is 450 g/mol. The van der Waals surface area contributed by atoms with Gasteiger partial charge in [0.25, 0.3) is 0 Å². The van der Waals surface area contributed by atoms with Gasteiger partial charge in [0.1, 0.15) is 11.4 Å². The Morgan fingerprint density at radius 2 is 1.85 bits per heavy atom. The van der Waals surface area contributed by atoms with E-state index in [1.165, 1.54) is 0 Å². The minimum Gasteiger partial charge on any atom is -0.443 e. The maximum atomic E-state index is 13.4. The number of sulfonamides is 1. The van der Waals surface area contributed by atoms with Crippen LogP contribution in [0.3, 0.4) is 0 Å². The molecular formula is C26H37N3O4S. The molecule has 0 radical (unpaired) electrons. The molecule has 1 aromatic carbocycles. The first-order valence-corrected chi connectivity index (χ1v) is 13.4. The fraction of sp³-hybridized carbons (Fsp3) is 0.538. The summed E-state index contributed by atoms with van der Waals surface area (Å²) in [6.07, 6.45) is 4.50. The Balaban J connectivity index is 1.90. The van der Waals surface area contributed by atoms with Crippen molar-refractivity contribution in [1.29, 1.82) is 0 Å². The Morgan fingerprint density at radius 3 is 2.41 bits per heavy atom. The lowest BCUT2D eigenvalue weighted by molar-refractivity contribution is 0.0566. The van der Waals surface area contributed by atoms with Crippen molar-refractivity contribution in [1.82, 2.24) is 9.29 Å². The van der Waals surface area contributed by atoms with E-state index in [0.29, 0.717) is 17.3 Å². The van der Waals surface area contributed by atoms with Crippen LogP contribution in [-0.4, -0.2) is 42.0 Å². The predicted molar refractivity (Wildman–Crippen MR) is 134 cm³/mol. The third-order valence-corrected chi connectivity index (χ3v) is 8.03. The minimum absolute atomic E-state index is 0.0960. The Bertz CT molecular complexity index is 1080. The first-order valence-electron chi connectivity index (χ1n) is 12.0. The highest BCUT2D eigenvalue weighted by atomic mass is 32.2. The van der Waals surface area contributed by atoms with Crippen LogP contribution < -0.4 is 4.90 Å². The van der Waals surface area contributed by atoms with Crippen molar-refractivity contribution >= 4 is 21.9 Å². The molecule has 0 saturated carbocycles. The largest absolute Gasteiger partial charge is 0.443 e. The summed E-state index contributed by atoms with van der Waals surface area (Å²) in [4.78, 5) is 19.3. The van der Waals surface area contributed by atoms with Crippen LogP contribution in [0.25, 0.3) is 0 Å². The highest BCUT2D eigenvalue weighted by molar-refractivity contribution is 7.89. The molecule has 1 fully saturated rings. The molecule has 0 spiro atoms. The number of aryl methyl sites for hydroxylation is 1. The first kappa shape index (κ1) is 26.2. The molecule has 34 heavy (non-hydrogen) atoms. The molecule has 0 unspecified atom stereocenters. The van der Waals surface area contributed by atoms with Gasteiger partial charge in [0, 0.05) is 18.8 Å². The van der Waals surface area contributed by atoms with E-state index in [1.54, 1.807) is 33.6 Å². The summed E-state index contributed by atoms with van der Waals surface area (Å²) < 4.78 is 34.1. The Hall–Kier alpha value is -2.45. The second-order valence-electron chi connectivity index (χ2n) is 10.00. The lowest BCUT2D eigenvalue weighted by atomic mass is 9.99. The number of benzene rings is 1. The maximum Gasteiger partial charge on any atom is 0.416 e. The Kier molecular flexibility index (Phi) is 8.03. The van der Waals surface area contributed by atoms with Crippen LogP contribution >= 0.6 is 0 Å². The zero-order valence-corrected chi connectivity index (χ0v) is 21.9. The lowest BCUT2D eigenvalue weighted by Crippen LogP contribution is -2.42. The zero-order chi connectivity index (χ0) is 25.1. The fourth-order valence-electron chi connectivity index (χ4n) is 4.10. The van der Waals surface area contributed by atoms with E-state index in [2.05, 4.69) is 4.98 Å². The molecule has 2 atom stereocenters. The van der Waals surface area contributed by atoms with Crippen LogP contribution in [0.2, 0.25) is 0 Å². The summed E-state index contributed by atoms with van der Waals surface area (Å²) in [5.74, 6) is 0.496. The molecule has 0 aliphatic carbocycles. The number of hydrogen-bond donors (Lipinski definition) is 0. The molecule has 1 aromatic heterocycles. The number of amides is 1. The number of anilines is 1. The van der Waals surface area contributed by atoms with E-state index in [-0.39, 0.29) is 12.1 Å². The van der Waals surface area contributed by atoms with Gasteiger partial charge in [-0.2, -0.15) is 4.31 Å². The molecule has 2 heterocycles. The number of pyridine rings is 1. The molecule has 1 amide bonds. The highest BCUT2D eigenvalue weighted by Gasteiger charge is 2.35. The first-order chi connectivity index (χ1) is 15.9. The number of ether oxygens (including phenoxy) is 1. The van der Waals surface area contributed by atoms with Crippen molar-refractivity contribution in [3.8, 4) is 0 Å². The number of carbonyl (C=O) groups excluding carboxylic acids is 1. The Labute approximate surface area is 204 Å². The summed E-state index contributed by atoms with van der Waals surface area (Å²) in [5.41, 5.74) is 1.23. The van der Waals surface area contributed by atoms with Gasteiger partial charge in [0.2, 0.25) is 10.0 Å². The third kappa shape index (κ3) is 5.96. The quantitative estimate of drug-likeness (QED) is 0.511. The average molecular weight is 488 g/mol. The number of hydrogen-bond acceptors (Lipinski definition) is 5. The van der Waals surface area contributed by atoms with Crippen molar-refractivity contribution in [2.45, 2.75) is 89.8 Å². The normalized spacial score (nSPS) is 18.4. The van der Waals surface area contributed by atoms with Crippen molar-refractivity contribution < 1.29 is 17.9 Å². The second kappa shape index (κ2) is 10.4. The number of piperidine rings is 1. The summed E-state index contributed by atoms with van der Waals surface area (Å²) >= 11 is 0. The van der Waals surface area contributed by atoms with Gasteiger partial charge in [0.05, 0.1) is 10.9 Å². The van der Waals surface area contributed by atoms with Crippen LogP contribution in [0.15, 0.2) is 47.5 Å². The summed E-state index contributed by atoms with van der Waals surface area (Å²) in [7, 11) is -3.63. The average Bonchev–Trinajstić information content (AvgIpc) is 2.78. The molecule has 1 aliphatic heterocycles. The topological polar surface area (TPSA) is 79.8 Å². The van der Waals surface area contributed by atoms with Crippen molar-refractivity contribution in [3.05, 3.63) is 53.7 Å². The van der Waals surface area contributed by atoms with E-state index < -0.39 is 21.7 Å². The maximum absolute atomic E-state index is 13.4. The lowest BCUT2D eigenvalue weighted by Gasteiger charge is -2.35. The molecule has 7 nitrogen and oxygen atoms in total. The Morgan fingerprint density at radius 1 is 1.18 bits per heavy atom. The molecule has 2 aromatic rings. The van der Waals surface area contributed by atoms with Crippen LogP contribution in [0, 0.1) is 6.92 Å². The van der Waals surface area contributed by atoms with Crippen molar-refractivity contribution in [2.75, 3.05) is 11.4 Å². The summed E-state index contributed by atoms with van der Waals surface area (Å²) in [6.45, 7) is 11.9. The van der Waals surface area contributed by atoms with Crippen LogP contribution in [0.5, 0.6) is 0 Å². The third-order valence-electron chi connectivity index (χ3n) is 6.11. The fourth-order valence-corrected chi connectivity index (χ4v) is 5.78. The van der Waals surface area contributed by atoms with Gasteiger partial charge >= 0.3 is 6.09 Å². The molecule has 1 saturated heterocycles. The van der Waals surface area contributed by atoms with Gasteiger partial charge in [0.15, 0.2) is 0 Å². The molecule has 3 rings (SSSR count). The van der Waals surface area contributed by atoms with E-state index in [1.807, 2.05) is 59.7 Å². The minimum atomic E-state index is -3.63. The molecule has 0 bridgehead atoms. The van der Waals surface area contributed by atoms with E-state index in [4.69, 9.17) is 4.74 Å². The number of nitrogens with zero attached hydrogens (tertiary/aromatic N) is 3. The van der Waals surface area contributed by atoms with E-state index in [0.717, 1.165) is 36.8 Å². The monoisotopic (exact) mass is 487 g/mol. The smallest absolute Gasteiger partial charge is 0.416 e. The standard InChI is InChI=1S/C26H37N3O4S/c1-7-20(3)29(25(30)33-26(4,5)6)24-16-13-21(18-27-24)23-10-8-9-17-28(23)34(31,32)22-14-11-19(2)12-15-22/h11-16,18,20,23H,7-10,17H2,1-6H3/t20-,23+/m1/s1. The number of aromatic nitrogens is 1. The van der Waals surface area contributed by atoms with Gasteiger partial charge in [-0.05, 0) is 77.6 Å². The summed E-state index contributed by atoms with van der Waals surface area (Å²) in [5, 5.41) is 0.